The predicted octanol–water partition coefficient (Wildman–Crippen LogP) is 3.87. The molecule has 1 fully saturated rings. The molecule has 2 aromatic rings. The third kappa shape index (κ3) is 6.22. The molecule has 33 heavy (non-hydrogen) atoms. The number of methoxy groups -OCH3 is 1. The molecule has 1 N–H and O–H groups in total. The molecule has 1 aliphatic heterocycles. The van der Waals surface area contributed by atoms with E-state index < -0.39 is 6.04 Å². The van der Waals surface area contributed by atoms with Crippen molar-refractivity contribution >= 4 is 34.8 Å². The fourth-order valence-corrected chi connectivity index (χ4v) is 4.16. The van der Waals surface area contributed by atoms with Gasteiger partial charge in [-0.05, 0) is 73.9 Å². The molecule has 1 atom stereocenters. The Bertz CT molecular complexity index is 963. The highest BCUT2D eigenvalue weighted by molar-refractivity contribution is 7.80. The smallest absolute Gasteiger partial charge is 0.252 e. The molecule has 1 heterocycles. The standard InChI is InChI=1S/C25H31N3O4S/c1-4-16-32-21-12-8-19(9-13-21)26-23(29)17-22-24(30)27(5-2)25(33)28(22)15-14-18-6-10-20(31-3)11-7-18/h6-13,22H,4-5,14-17H2,1-3H3,(H,26,29). The summed E-state index contributed by atoms with van der Waals surface area (Å²) in [5.74, 6) is 1.19. The summed E-state index contributed by atoms with van der Waals surface area (Å²) < 4.78 is 10.8. The van der Waals surface area contributed by atoms with Gasteiger partial charge in [-0.25, -0.2) is 0 Å². The maximum absolute atomic E-state index is 13.0. The van der Waals surface area contributed by atoms with E-state index in [1.165, 1.54) is 0 Å². The second-order valence-electron chi connectivity index (χ2n) is 7.80. The number of thiocarbonyl (C=S) groups is 1. The van der Waals surface area contributed by atoms with Gasteiger partial charge in [0, 0.05) is 18.8 Å². The Hall–Kier alpha value is -3.13. The summed E-state index contributed by atoms with van der Waals surface area (Å²) in [5.41, 5.74) is 1.77. The van der Waals surface area contributed by atoms with Gasteiger partial charge in [-0.15, -0.1) is 0 Å². The maximum atomic E-state index is 13.0. The van der Waals surface area contributed by atoms with E-state index in [4.69, 9.17) is 21.7 Å². The number of anilines is 1. The fourth-order valence-electron chi connectivity index (χ4n) is 3.72. The zero-order valence-corrected chi connectivity index (χ0v) is 20.2. The minimum absolute atomic E-state index is 0.0339. The summed E-state index contributed by atoms with van der Waals surface area (Å²) in [6.45, 7) is 5.61. The van der Waals surface area contributed by atoms with Crippen LogP contribution in [0.3, 0.4) is 0 Å². The van der Waals surface area contributed by atoms with Crippen molar-refractivity contribution in [2.45, 2.75) is 39.2 Å². The number of rotatable bonds is 11. The number of carbonyl (C=O) groups is 2. The van der Waals surface area contributed by atoms with Crippen molar-refractivity contribution in [1.82, 2.24) is 9.80 Å². The quantitative estimate of drug-likeness (QED) is 0.504. The lowest BCUT2D eigenvalue weighted by molar-refractivity contribution is -0.130. The highest BCUT2D eigenvalue weighted by Crippen LogP contribution is 2.23. The Morgan fingerprint density at radius 3 is 2.33 bits per heavy atom. The Kier molecular flexibility index (Phi) is 8.65. The number of hydrogen-bond donors (Lipinski definition) is 1. The van der Waals surface area contributed by atoms with E-state index in [0.717, 1.165) is 23.5 Å². The van der Waals surface area contributed by atoms with E-state index in [-0.39, 0.29) is 18.2 Å². The average molecular weight is 470 g/mol. The van der Waals surface area contributed by atoms with Gasteiger partial charge in [-0.1, -0.05) is 19.1 Å². The monoisotopic (exact) mass is 469 g/mol. The van der Waals surface area contributed by atoms with Crippen LogP contribution in [0.15, 0.2) is 48.5 Å². The molecule has 1 aliphatic rings. The topological polar surface area (TPSA) is 71.1 Å². The third-order valence-electron chi connectivity index (χ3n) is 5.51. The number of nitrogens with zero attached hydrogens (tertiary/aromatic N) is 2. The van der Waals surface area contributed by atoms with E-state index in [1.807, 2.05) is 55.1 Å². The lowest BCUT2D eigenvalue weighted by Crippen LogP contribution is -2.39. The van der Waals surface area contributed by atoms with Crippen LogP contribution in [0.4, 0.5) is 5.69 Å². The number of nitrogens with one attached hydrogen (secondary N) is 1. The van der Waals surface area contributed by atoms with Gasteiger partial charge in [0.15, 0.2) is 5.11 Å². The van der Waals surface area contributed by atoms with Gasteiger partial charge in [0.25, 0.3) is 5.91 Å². The van der Waals surface area contributed by atoms with Gasteiger partial charge < -0.3 is 19.7 Å². The predicted molar refractivity (Wildman–Crippen MR) is 133 cm³/mol. The molecule has 2 aromatic carbocycles. The fraction of sp³-hybridized carbons (Fsp3) is 0.400. The van der Waals surface area contributed by atoms with Crippen molar-refractivity contribution in [1.29, 1.82) is 0 Å². The summed E-state index contributed by atoms with van der Waals surface area (Å²) in [6.07, 6.45) is 1.66. The Labute approximate surface area is 200 Å². The van der Waals surface area contributed by atoms with Crippen LogP contribution in [0.1, 0.15) is 32.3 Å². The Balaban J connectivity index is 1.64. The minimum atomic E-state index is -0.608. The van der Waals surface area contributed by atoms with Crippen LogP contribution in [-0.4, -0.2) is 59.6 Å². The first-order chi connectivity index (χ1) is 16.0. The zero-order chi connectivity index (χ0) is 23.8. The molecule has 0 spiro atoms. The number of benzene rings is 2. The van der Waals surface area contributed by atoms with E-state index in [0.29, 0.717) is 36.9 Å². The Morgan fingerprint density at radius 2 is 1.73 bits per heavy atom. The molecular formula is C25H31N3O4S. The SMILES string of the molecule is CCCOc1ccc(NC(=O)CC2C(=O)N(CC)C(=S)N2CCc2ccc(OC)cc2)cc1. The summed E-state index contributed by atoms with van der Waals surface area (Å²) in [4.78, 5) is 29.2. The molecule has 0 aromatic heterocycles. The van der Waals surface area contributed by atoms with Gasteiger partial charge in [0.05, 0.1) is 20.1 Å². The van der Waals surface area contributed by atoms with Gasteiger partial charge in [0.2, 0.25) is 5.91 Å². The first-order valence-electron chi connectivity index (χ1n) is 11.2. The average Bonchev–Trinajstić information content (AvgIpc) is 3.05. The third-order valence-corrected chi connectivity index (χ3v) is 5.97. The summed E-state index contributed by atoms with van der Waals surface area (Å²) in [7, 11) is 1.63. The molecule has 8 heteroatoms. The highest BCUT2D eigenvalue weighted by Gasteiger charge is 2.42. The second kappa shape index (κ2) is 11.7. The molecule has 1 unspecified atom stereocenters. The summed E-state index contributed by atoms with van der Waals surface area (Å²) in [6, 6.07) is 14.4. The van der Waals surface area contributed by atoms with Crippen LogP contribution in [0.2, 0.25) is 0 Å². The van der Waals surface area contributed by atoms with Gasteiger partial charge in [-0.3, -0.25) is 14.5 Å². The van der Waals surface area contributed by atoms with Crippen molar-refractivity contribution in [2.75, 3.05) is 32.1 Å². The second-order valence-corrected chi connectivity index (χ2v) is 8.16. The molecule has 0 aliphatic carbocycles. The van der Waals surface area contributed by atoms with Crippen molar-refractivity contribution in [2.24, 2.45) is 0 Å². The Morgan fingerprint density at radius 1 is 1.06 bits per heavy atom. The highest BCUT2D eigenvalue weighted by atomic mass is 32.1. The van der Waals surface area contributed by atoms with Crippen molar-refractivity contribution < 1.29 is 19.1 Å². The van der Waals surface area contributed by atoms with Crippen LogP contribution >= 0.6 is 12.2 Å². The number of likely N-dealkylation sites (N-methyl/N-ethyl adjacent to an activating group) is 1. The number of ether oxygens (including phenoxy) is 2. The van der Waals surface area contributed by atoms with Crippen LogP contribution in [-0.2, 0) is 16.0 Å². The van der Waals surface area contributed by atoms with Crippen LogP contribution in [0, 0.1) is 0 Å². The lowest BCUT2D eigenvalue weighted by atomic mass is 10.1. The molecule has 0 saturated carbocycles. The molecule has 176 valence electrons. The van der Waals surface area contributed by atoms with Crippen molar-refractivity contribution in [3.05, 3.63) is 54.1 Å². The maximum Gasteiger partial charge on any atom is 0.252 e. The van der Waals surface area contributed by atoms with E-state index in [1.54, 1.807) is 24.1 Å². The number of hydrogen-bond acceptors (Lipinski definition) is 5. The van der Waals surface area contributed by atoms with Crippen LogP contribution in [0.5, 0.6) is 11.5 Å². The molecule has 0 bridgehead atoms. The molecular weight excluding hydrogens is 438 g/mol. The first kappa shape index (κ1) is 24.5. The number of carbonyl (C=O) groups excluding carboxylic acids is 2. The lowest BCUT2D eigenvalue weighted by Gasteiger charge is -2.23. The molecule has 0 radical (unpaired) electrons. The van der Waals surface area contributed by atoms with E-state index >= 15 is 0 Å². The molecule has 2 amide bonds. The normalized spacial score (nSPS) is 15.7. The van der Waals surface area contributed by atoms with Crippen molar-refractivity contribution in [3.8, 4) is 11.5 Å². The minimum Gasteiger partial charge on any atom is -0.497 e. The molecule has 1 saturated heterocycles. The van der Waals surface area contributed by atoms with Crippen molar-refractivity contribution in [3.63, 3.8) is 0 Å². The largest absolute Gasteiger partial charge is 0.497 e. The van der Waals surface area contributed by atoms with Gasteiger partial charge in [-0.2, -0.15) is 0 Å². The zero-order valence-electron chi connectivity index (χ0n) is 19.4. The number of amides is 2. The van der Waals surface area contributed by atoms with Crippen LogP contribution < -0.4 is 14.8 Å². The van der Waals surface area contributed by atoms with E-state index in [2.05, 4.69) is 5.32 Å². The van der Waals surface area contributed by atoms with Crippen LogP contribution in [0.25, 0.3) is 0 Å². The molecule has 3 rings (SSSR count). The first-order valence-corrected chi connectivity index (χ1v) is 11.6. The van der Waals surface area contributed by atoms with E-state index in [9.17, 15) is 9.59 Å². The van der Waals surface area contributed by atoms with Gasteiger partial charge in [0.1, 0.15) is 17.5 Å². The van der Waals surface area contributed by atoms with Gasteiger partial charge >= 0.3 is 0 Å². The summed E-state index contributed by atoms with van der Waals surface area (Å²) >= 11 is 5.57. The summed E-state index contributed by atoms with van der Waals surface area (Å²) in [5, 5.41) is 3.36. The molecule has 7 nitrogen and oxygen atoms in total.